The van der Waals surface area contributed by atoms with Crippen LogP contribution in [0.4, 0.5) is 13.2 Å². The van der Waals surface area contributed by atoms with Crippen molar-refractivity contribution in [2.75, 3.05) is 7.05 Å². The Kier molecular flexibility index (Phi) is 3.58. The van der Waals surface area contributed by atoms with Crippen LogP contribution in [0.5, 0.6) is 0 Å². The van der Waals surface area contributed by atoms with Crippen LogP contribution < -0.4 is 5.32 Å². The first-order valence-corrected chi connectivity index (χ1v) is 6.20. The molecule has 0 aliphatic carbocycles. The SMILES string of the molecule is CNCc1cc2ccc(C(F)(F)F)cc2n1C(C)C. The van der Waals surface area contributed by atoms with Gasteiger partial charge < -0.3 is 9.88 Å². The number of halogens is 3. The fourth-order valence-corrected chi connectivity index (χ4v) is 2.38. The smallest absolute Gasteiger partial charge is 0.341 e. The number of nitrogens with one attached hydrogen (secondary N) is 1. The van der Waals surface area contributed by atoms with Crippen molar-refractivity contribution < 1.29 is 13.2 Å². The number of nitrogens with zero attached hydrogens (tertiary/aromatic N) is 1. The molecule has 0 radical (unpaired) electrons. The summed E-state index contributed by atoms with van der Waals surface area (Å²) in [6.07, 6.45) is -4.30. The molecule has 1 aromatic carbocycles. The van der Waals surface area contributed by atoms with Crippen molar-refractivity contribution in [2.45, 2.75) is 32.6 Å². The first-order chi connectivity index (χ1) is 8.84. The maximum absolute atomic E-state index is 12.8. The van der Waals surface area contributed by atoms with Crippen molar-refractivity contribution in [3.05, 3.63) is 35.5 Å². The molecule has 0 atom stereocenters. The minimum absolute atomic E-state index is 0.115. The van der Waals surface area contributed by atoms with Crippen molar-refractivity contribution in [3.63, 3.8) is 0 Å². The van der Waals surface area contributed by atoms with E-state index < -0.39 is 11.7 Å². The fraction of sp³-hybridized carbons (Fsp3) is 0.429. The summed E-state index contributed by atoms with van der Waals surface area (Å²) >= 11 is 0. The molecule has 1 aromatic heterocycles. The Morgan fingerprint density at radius 3 is 2.42 bits per heavy atom. The average Bonchev–Trinajstić information content (AvgIpc) is 2.65. The second-order valence-electron chi connectivity index (χ2n) is 4.90. The molecular formula is C14H17F3N2. The Morgan fingerprint density at radius 1 is 1.21 bits per heavy atom. The lowest BCUT2D eigenvalue weighted by Crippen LogP contribution is -2.13. The lowest BCUT2D eigenvalue weighted by molar-refractivity contribution is -0.137. The highest BCUT2D eigenvalue weighted by Gasteiger charge is 2.31. The van der Waals surface area contributed by atoms with Crippen LogP contribution in [-0.4, -0.2) is 11.6 Å². The number of hydrogen-bond acceptors (Lipinski definition) is 1. The number of rotatable bonds is 3. The van der Waals surface area contributed by atoms with Gasteiger partial charge in [-0.3, -0.25) is 0 Å². The molecule has 0 aliphatic heterocycles. The Hall–Kier alpha value is -1.49. The summed E-state index contributed by atoms with van der Waals surface area (Å²) in [6, 6.07) is 5.96. The van der Waals surface area contributed by atoms with Gasteiger partial charge in [-0.05, 0) is 44.5 Å². The molecule has 0 unspecified atom stereocenters. The highest BCUT2D eigenvalue weighted by atomic mass is 19.4. The van der Waals surface area contributed by atoms with Crippen LogP contribution in [-0.2, 0) is 12.7 Å². The average molecular weight is 270 g/mol. The second kappa shape index (κ2) is 4.89. The summed E-state index contributed by atoms with van der Waals surface area (Å²) in [5.74, 6) is 0. The molecule has 2 nitrogen and oxygen atoms in total. The Balaban J connectivity index is 2.66. The van der Waals surface area contributed by atoms with Crippen molar-refractivity contribution in [3.8, 4) is 0 Å². The van der Waals surface area contributed by atoms with Crippen LogP contribution in [0, 0.1) is 0 Å². The Morgan fingerprint density at radius 2 is 1.89 bits per heavy atom. The van der Waals surface area contributed by atoms with Gasteiger partial charge in [0.2, 0.25) is 0 Å². The number of hydrogen-bond donors (Lipinski definition) is 1. The lowest BCUT2D eigenvalue weighted by atomic mass is 10.1. The topological polar surface area (TPSA) is 17.0 Å². The van der Waals surface area contributed by atoms with E-state index in [0.29, 0.717) is 12.1 Å². The fourth-order valence-electron chi connectivity index (χ4n) is 2.38. The summed E-state index contributed by atoms with van der Waals surface area (Å²) in [5, 5.41) is 3.88. The van der Waals surface area contributed by atoms with Crippen LogP contribution >= 0.6 is 0 Å². The molecule has 0 aliphatic rings. The molecule has 5 heteroatoms. The van der Waals surface area contributed by atoms with E-state index in [1.165, 1.54) is 12.1 Å². The monoisotopic (exact) mass is 270 g/mol. The van der Waals surface area contributed by atoms with E-state index in [2.05, 4.69) is 5.32 Å². The van der Waals surface area contributed by atoms with Crippen molar-refractivity contribution >= 4 is 10.9 Å². The van der Waals surface area contributed by atoms with Gasteiger partial charge in [-0.2, -0.15) is 13.2 Å². The summed E-state index contributed by atoms with van der Waals surface area (Å²) < 4.78 is 40.3. The minimum atomic E-state index is -4.30. The number of fused-ring (bicyclic) bond motifs is 1. The number of benzene rings is 1. The van der Waals surface area contributed by atoms with Gasteiger partial charge in [0.15, 0.2) is 0 Å². The standard InChI is InChI=1S/C14H17F3N2/c1-9(2)19-12(8-18-3)6-10-4-5-11(7-13(10)19)14(15,16)17/h4-7,9,18H,8H2,1-3H3. The highest BCUT2D eigenvalue weighted by molar-refractivity contribution is 5.82. The predicted octanol–water partition coefficient (Wildman–Crippen LogP) is 3.96. The lowest BCUT2D eigenvalue weighted by Gasteiger charge is -2.15. The Bertz CT molecular complexity index is 582. The van der Waals surface area contributed by atoms with Gasteiger partial charge in [-0.15, -0.1) is 0 Å². The minimum Gasteiger partial charge on any atom is -0.341 e. The van der Waals surface area contributed by atoms with E-state index in [0.717, 1.165) is 17.1 Å². The van der Waals surface area contributed by atoms with Crippen LogP contribution in [0.3, 0.4) is 0 Å². The molecule has 0 bridgehead atoms. The van der Waals surface area contributed by atoms with E-state index in [9.17, 15) is 13.2 Å². The third-order valence-corrected chi connectivity index (χ3v) is 3.12. The van der Waals surface area contributed by atoms with Crippen molar-refractivity contribution in [2.24, 2.45) is 0 Å². The van der Waals surface area contributed by atoms with E-state index in [-0.39, 0.29) is 6.04 Å². The van der Waals surface area contributed by atoms with Crippen LogP contribution in [0.1, 0.15) is 31.1 Å². The zero-order valence-electron chi connectivity index (χ0n) is 11.2. The van der Waals surface area contributed by atoms with Crippen LogP contribution in [0.2, 0.25) is 0 Å². The number of alkyl halides is 3. The van der Waals surface area contributed by atoms with Crippen LogP contribution in [0.25, 0.3) is 10.9 Å². The molecule has 0 spiro atoms. The van der Waals surface area contributed by atoms with Gasteiger partial charge >= 0.3 is 6.18 Å². The summed E-state index contributed by atoms with van der Waals surface area (Å²) in [4.78, 5) is 0. The van der Waals surface area contributed by atoms with Gasteiger partial charge in [0.25, 0.3) is 0 Å². The van der Waals surface area contributed by atoms with E-state index in [1.807, 2.05) is 31.5 Å². The molecule has 1 N–H and O–H groups in total. The summed E-state index contributed by atoms with van der Waals surface area (Å²) in [5.41, 5.74) is 1.03. The van der Waals surface area contributed by atoms with Crippen LogP contribution in [0.15, 0.2) is 24.3 Å². The predicted molar refractivity (Wildman–Crippen MR) is 70.1 cm³/mol. The molecule has 0 saturated heterocycles. The van der Waals surface area contributed by atoms with E-state index in [1.54, 1.807) is 0 Å². The number of aromatic nitrogens is 1. The molecule has 0 saturated carbocycles. The van der Waals surface area contributed by atoms with Crippen molar-refractivity contribution in [1.82, 2.24) is 9.88 Å². The normalized spacial score (nSPS) is 12.6. The maximum Gasteiger partial charge on any atom is 0.416 e. The van der Waals surface area contributed by atoms with Gasteiger partial charge in [0, 0.05) is 23.8 Å². The molecule has 1 heterocycles. The second-order valence-corrected chi connectivity index (χ2v) is 4.90. The Labute approximate surface area is 110 Å². The van der Waals surface area contributed by atoms with Gasteiger partial charge in [0.1, 0.15) is 0 Å². The third-order valence-electron chi connectivity index (χ3n) is 3.12. The van der Waals surface area contributed by atoms with Crippen molar-refractivity contribution in [1.29, 1.82) is 0 Å². The molecule has 19 heavy (non-hydrogen) atoms. The quantitative estimate of drug-likeness (QED) is 0.893. The molecule has 0 amide bonds. The third kappa shape index (κ3) is 2.61. The summed E-state index contributed by atoms with van der Waals surface area (Å²) in [7, 11) is 1.82. The van der Waals surface area contributed by atoms with Gasteiger partial charge in [-0.1, -0.05) is 6.07 Å². The highest BCUT2D eigenvalue weighted by Crippen LogP contribution is 2.33. The molecule has 2 rings (SSSR count). The summed E-state index contributed by atoms with van der Waals surface area (Å²) in [6.45, 7) is 4.58. The largest absolute Gasteiger partial charge is 0.416 e. The first-order valence-electron chi connectivity index (χ1n) is 6.20. The first kappa shape index (κ1) is 13.9. The zero-order valence-corrected chi connectivity index (χ0v) is 11.2. The maximum atomic E-state index is 12.8. The molecule has 0 fully saturated rings. The molecule has 104 valence electrons. The molecule has 2 aromatic rings. The van der Waals surface area contributed by atoms with E-state index >= 15 is 0 Å². The van der Waals surface area contributed by atoms with E-state index in [4.69, 9.17) is 0 Å². The zero-order chi connectivity index (χ0) is 14.2. The molecular weight excluding hydrogens is 253 g/mol. The van der Waals surface area contributed by atoms with Gasteiger partial charge in [0.05, 0.1) is 5.56 Å². The van der Waals surface area contributed by atoms with Gasteiger partial charge in [-0.25, -0.2) is 0 Å².